The third-order valence-corrected chi connectivity index (χ3v) is 6.11. The van der Waals surface area contributed by atoms with Crippen LogP contribution in [-0.4, -0.2) is 10.7 Å². The number of benzene rings is 3. The van der Waals surface area contributed by atoms with Gasteiger partial charge < -0.3 is 0 Å². The van der Waals surface area contributed by atoms with Crippen molar-refractivity contribution < 1.29 is 0 Å². The van der Waals surface area contributed by atoms with Crippen molar-refractivity contribution in [1.82, 2.24) is 4.98 Å². The molecule has 0 aliphatic carbocycles. The van der Waals surface area contributed by atoms with E-state index in [0.717, 1.165) is 39.1 Å². The second-order valence-corrected chi connectivity index (χ2v) is 8.18. The molecule has 0 saturated heterocycles. The highest BCUT2D eigenvalue weighted by Gasteiger charge is 2.31. The molecular formula is C24H18ClN3S. The SMILES string of the molecule is Clc1ccc(-c2csc(N3N=C(c4ccccc4)C[C@@H]3c3ccccc3)n2)cc1. The number of thiazole rings is 1. The predicted octanol–water partition coefficient (Wildman–Crippen LogP) is 6.82. The highest BCUT2D eigenvalue weighted by Crippen LogP contribution is 2.39. The minimum absolute atomic E-state index is 0.135. The quantitative estimate of drug-likeness (QED) is 0.366. The van der Waals surface area contributed by atoms with Gasteiger partial charge >= 0.3 is 0 Å². The first-order valence-electron chi connectivity index (χ1n) is 9.46. The van der Waals surface area contributed by atoms with Gasteiger partial charge in [-0.15, -0.1) is 11.3 Å². The molecule has 0 radical (unpaired) electrons. The van der Waals surface area contributed by atoms with Gasteiger partial charge in [-0.1, -0.05) is 84.4 Å². The number of anilines is 1. The Bertz CT molecular complexity index is 1140. The third-order valence-electron chi connectivity index (χ3n) is 5.03. The largest absolute Gasteiger partial charge is 0.231 e. The van der Waals surface area contributed by atoms with Gasteiger partial charge in [-0.05, 0) is 23.3 Å². The van der Waals surface area contributed by atoms with E-state index in [2.05, 4.69) is 58.9 Å². The van der Waals surface area contributed by atoms with E-state index < -0.39 is 0 Å². The lowest BCUT2D eigenvalue weighted by Crippen LogP contribution is -2.18. The van der Waals surface area contributed by atoms with Crippen LogP contribution in [-0.2, 0) is 0 Å². The van der Waals surface area contributed by atoms with Crippen LogP contribution in [0.1, 0.15) is 23.6 Å². The highest BCUT2D eigenvalue weighted by atomic mass is 35.5. The lowest BCUT2D eigenvalue weighted by atomic mass is 9.99. The molecule has 3 nitrogen and oxygen atoms in total. The van der Waals surface area contributed by atoms with Crippen molar-refractivity contribution in [1.29, 1.82) is 0 Å². The number of hydrogen-bond acceptors (Lipinski definition) is 4. The standard InChI is InChI=1S/C24H18ClN3S/c25-20-13-11-18(12-14-20)22-16-29-24(26-22)28-23(19-9-5-2-6-10-19)15-21(27-28)17-7-3-1-4-8-17/h1-14,16,23H,15H2/t23-/m1/s1. The molecule has 4 aromatic rings. The van der Waals surface area contributed by atoms with Crippen LogP contribution in [0.3, 0.4) is 0 Å². The van der Waals surface area contributed by atoms with E-state index in [1.807, 2.05) is 36.4 Å². The Morgan fingerprint density at radius 2 is 1.52 bits per heavy atom. The van der Waals surface area contributed by atoms with Crippen molar-refractivity contribution in [3.05, 3.63) is 106 Å². The van der Waals surface area contributed by atoms with Crippen LogP contribution < -0.4 is 5.01 Å². The number of nitrogens with zero attached hydrogens (tertiary/aromatic N) is 3. The second kappa shape index (κ2) is 7.82. The van der Waals surface area contributed by atoms with Gasteiger partial charge in [0, 0.05) is 22.4 Å². The number of rotatable bonds is 4. The molecule has 0 saturated carbocycles. The Hall–Kier alpha value is -2.95. The zero-order chi connectivity index (χ0) is 19.6. The number of hydrogen-bond donors (Lipinski definition) is 0. The molecule has 5 rings (SSSR count). The van der Waals surface area contributed by atoms with Gasteiger partial charge in [-0.25, -0.2) is 9.99 Å². The summed E-state index contributed by atoms with van der Waals surface area (Å²) >= 11 is 7.64. The van der Waals surface area contributed by atoms with E-state index in [1.165, 1.54) is 5.56 Å². The molecule has 0 bridgehead atoms. The average Bonchev–Trinajstić information content (AvgIpc) is 3.43. The summed E-state index contributed by atoms with van der Waals surface area (Å²) < 4.78 is 0. The molecule has 0 N–H and O–H groups in total. The summed E-state index contributed by atoms with van der Waals surface area (Å²) in [6, 6.07) is 28.8. The van der Waals surface area contributed by atoms with Crippen LogP contribution in [0, 0.1) is 0 Å². The molecule has 0 fully saturated rings. The van der Waals surface area contributed by atoms with Gasteiger partial charge in [-0.2, -0.15) is 5.10 Å². The van der Waals surface area contributed by atoms with Crippen LogP contribution in [0.15, 0.2) is 95.4 Å². The molecule has 1 aromatic heterocycles. The molecule has 5 heteroatoms. The van der Waals surface area contributed by atoms with Crippen LogP contribution in [0.2, 0.25) is 5.02 Å². The van der Waals surface area contributed by atoms with Gasteiger partial charge in [0.25, 0.3) is 0 Å². The minimum atomic E-state index is 0.135. The Morgan fingerprint density at radius 3 is 2.24 bits per heavy atom. The third kappa shape index (κ3) is 3.69. The maximum absolute atomic E-state index is 6.03. The molecule has 2 heterocycles. The predicted molar refractivity (Wildman–Crippen MR) is 122 cm³/mol. The van der Waals surface area contributed by atoms with Gasteiger partial charge in [0.2, 0.25) is 5.13 Å². The normalized spacial score (nSPS) is 16.1. The Morgan fingerprint density at radius 1 is 0.828 bits per heavy atom. The molecule has 29 heavy (non-hydrogen) atoms. The van der Waals surface area contributed by atoms with E-state index in [-0.39, 0.29) is 6.04 Å². The van der Waals surface area contributed by atoms with Crippen molar-refractivity contribution >= 4 is 33.8 Å². The Labute approximate surface area is 178 Å². The van der Waals surface area contributed by atoms with Gasteiger partial charge in [-0.3, -0.25) is 0 Å². The van der Waals surface area contributed by atoms with E-state index in [4.69, 9.17) is 21.7 Å². The van der Waals surface area contributed by atoms with Gasteiger partial charge in [0.15, 0.2) is 0 Å². The zero-order valence-corrected chi connectivity index (χ0v) is 17.1. The molecule has 1 atom stereocenters. The first kappa shape index (κ1) is 18.1. The zero-order valence-electron chi connectivity index (χ0n) is 15.6. The van der Waals surface area contributed by atoms with Crippen molar-refractivity contribution in [2.75, 3.05) is 5.01 Å². The lowest BCUT2D eigenvalue weighted by molar-refractivity contribution is 0.706. The summed E-state index contributed by atoms with van der Waals surface area (Å²) in [5, 5.41) is 10.8. The second-order valence-electron chi connectivity index (χ2n) is 6.91. The average molecular weight is 416 g/mol. The fourth-order valence-electron chi connectivity index (χ4n) is 3.55. The monoisotopic (exact) mass is 415 g/mol. The van der Waals surface area contributed by atoms with Crippen LogP contribution in [0.4, 0.5) is 5.13 Å². The Kier molecular flexibility index (Phi) is 4.88. The highest BCUT2D eigenvalue weighted by molar-refractivity contribution is 7.14. The topological polar surface area (TPSA) is 28.5 Å². The van der Waals surface area contributed by atoms with E-state index in [1.54, 1.807) is 11.3 Å². The summed E-state index contributed by atoms with van der Waals surface area (Å²) in [4.78, 5) is 4.89. The minimum Gasteiger partial charge on any atom is -0.231 e. The van der Waals surface area contributed by atoms with E-state index in [9.17, 15) is 0 Å². The fourth-order valence-corrected chi connectivity index (χ4v) is 4.51. The number of halogens is 1. The van der Waals surface area contributed by atoms with Crippen molar-refractivity contribution in [2.24, 2.45) is 5.10 Å². The van der Waals surface area contributed by atoms with Crippen LogP contribution >= 0.6 is 22.9 Å². The maximum Gasteiger partial charge on any atom is 0.207 e. The molecule has 1 aliphatic heterocycles. The molecule has 0 spiro atoms. The smallest absolute Gasteiger partial charge is 0.207 e. The fraction of sp³-hybridized carbons (Fsp3) is 0.0833. The molecule has 142 valence electrons. The molecule has 1 aliphatic rings. The number of aromatic nitrogens is 1. The van der Waals surface area contributed by atoms with Gasteiger partial charge in [0.1, 0.15) is 0 Å². The van der Waals surface area contributed by atoms with Crippen molar-refractivity contribution in [3.8, 4) is 11.3 Å². The van der Waals surface area contributed by atoms with Crippen molar-refractivity contribution in [2.45, 2.75) is 12.5 Å². The molecule has 0 amide bonds. The van der Waals surface area contributed by atoms with Gasteiger partial charge in [0.05, 0.1) is 17.4 Å². The van der Waals surface area contributed by atoms with Crippen molar-refractivity contribution in [3.63, 3.8) is 0 Å². The molecule has 3 aromatic carbocycles. The van der Waals surface area contributed by atoms with E-state index >= 15 is 0 Å². The summed E-state index contributed by atoms with van der Waals surface area (Å²) in [6.45, 7) is 0. The number of hydrazone groups is 1. The van der Waals surface area contributed by atoms with Crippen LogP contribution in [0.25, 0.3) is 11.3 Å². The summed E-state index contributed by atoms with van der Waals surface area (Å²) in [5.74, 6) is 0. The first-order valence-corrected chi connectivity index (χ1v) is 10.7. The summed E-state index contributed by atoms with van der Waals surface area (Å²) in [6.07, 6.45) is 0.851. The maximum atomic E-state index is 6.03. The van der Waals surface area contributed by atoms with Crippen LogP contribution in [0.5, 0.6) is 0 Å². The molecular weight excluding hydrogens is 398 g/mol. The summed E-state index contributed by atoms with van der Waals surface area (Å²) in [5.41, 5.74) is 5.48. The molecule has 0 unspecified atom stereocenters. The van der Waals surface area contributed by atoms with E-state index in [0.29, 0.717) is 0 Å². The lowest BCUT2D eigenvalue weighted by Gasteiger charge is -2.21. The first-order chi connectivity index (χ1) is 14.3. The summed E-state index contributed by atoms with van der Waals surface area (Å²) in [7, 11) is 0. The Balaban J connectivity index is 1.53.